The number of benzene rings is 1. The highest BCUT2D eigenvalue weighted by molar-refractivity contribution is 5.90. The Labute approximate surface area is 115 Å². The van der Waals surface area contributed by atoms with Crippen LogP contribution in [0.1, 0.15) is 29.0 Å². The molecule has 1 fully saturated rings. The van der Waals surface area contributed by atoms with Crippen LogP contribution in [0, 0.1) is 0 Å². The molecule has 1 saturated carbocycles. The fourth-order valence-corrected chi connectivity index (χ4v) is 2.06. The Morgan fingerprint density at radius 2 is 2.15 bits per heavy atom. The van der Waals surface area contributed by atoms with Crippen molar-refractivity contribution in [1.29, 1.82) is 0 Å². The van der Waals surface area contributed by atoms with Crippen LogP contribution in [-0.4, -0.2) is 44.6 Å². The summed E-state index contributed by atoms with van der Waals surface area (Å²) in [7, 11) is 1.63. The zero-order chi connectivity index (χ0) is 13.9. The summed E-state index contributed by atoms with van der Waals surface area (Å²) in [5.41, 5.74) is 1.05. The van der Waals surface area contributed by atoms with Crippen molar-refractivity contribution >= 4 is 5.91 Å². The molecule has 0 bridgehead atoms. The highest BCUT2D eigenvalue weighted by atomic mass is 16.5. The Bertz CT molecular complexity index is 577. The number of H-pyrrole nitrogens is 1. The molecule has 1 aliphatic carbocycles. The van der Waals surface area contributed by atoms with Gasteiger partial charge in [0.1, 0.15) is 5.75 Å². The van der Waals surface area contributed by atoms with Gasteiger partial charge in [-0.15, -0.1) is 10.2 Å². The van der Waals surface area contributed by atoms with E-state index in [2.05, 4.69) is 20.6 Å². The average molecular weight is 273 g/mol. The van der Waals surface area contributed by atoms with Gasteiger partial charge in [0.15, 0.2) is 0 Å². The van der Waals surface area contributed by atoms with Crippen LogP contribution in [0.5, 0.6) is 5.75 Å². The minimum Gasteiger partial charge on any atom is -0.497 e. The first-order valence-electron chi connectivity index (χ1n) is 6.45. The summed E-state index contributed by atoms with van der Waals surface area (Å²) in [4.78, 5) is 14.1. The molecular formula is C13H15N5O2. The molecule has 104 valence electrons. The van der Waals surface area contributed by atoms with Crippen molar-refractivity contribution in [2.24, 2.45) is 0 Å². The van der Waals surface area contributed by atoms with Crippen LogP contribution in [-0.2, 0) is 6.54 Å². The zero-order valence-electron chi connectivity index (χ0n) is 11.1. The van der Waals surface area contributed by atoms with Crippen molar-refractivity contribution in [2.45, 2.75) is 25.4 Å². The van der Waals surface area contributed by atoms with E-state index in [0.717, 1.165) is 24.2 Å². The normalized spacial score (nSPS) is 14.1. The van der Waals surface area contributed by atoms with Gasteiger partial charge in [-0.3, -0.25) is 4.79 Å². The Kier molecular flexibility index (Phi) is 3.32. The second kappa shape index (κ2) is 5.28. The molecule has 20 heavy (non-hydrogen) atoms. The molecule has 1 aromatic heterocycles. The van der Waals surface area contributed by atoms with Crippen molar-refractivity contribution in [2.75, 3.05) is 7.11 Å². The lowest BCUT2D eigenvalue weighted by molar-refractivity contribution is 0.0717. The first-order valence-corrected chi connectivity index (χ1v) is 6.45. The number of aromatic nitrogens is 4. The number of carbonyl (C=O) groups excluding carboxylic acids is 1. The highest BCUT2D eigenvalue weighted by Gasteiger charge is 2.34. The number of carbonyl (C=O) groups is 1. The molecule has 1 aliphatic rings. The van der Waals surface area contributed by atoms with Gasteiger partial charge in [-0.2, -0.15) is 5.21 Å². The average Bonchev–Trinajstić information content (AvgIpc) is 3.18. The maximum absolute atomic E-state index is 12.3. The summed E-state index contributed by atoms with van der Waals surface area (Å²) in [6.45, 7) is 0.544. The number of amides is 1. The van der Waals surface area contributed by atoms with Gasteiger partial charge in [0.05, 0.1) is 7.11 Å². The Balaban J connectivity index is 1.75. The summed E-state index contributed by atoms with van der Waals surface area (Å²) in [5, 5.41) is 13.3. The van der Waals surface area contributed by atoms with E-state index < -0.39 is 0 Å². The number of aromatic amines is 1. The molecular weight excluding hydrogens is 258 g/mol. The maximum atomic E-state index is 12.3. The molecule has 3 rings (SSSR count). The van der Waals surface area contributed by atoms with Gasteiger partial charge in [-0.1, -0.05) is 12.1 Å². The molecule has 7 heteroatoms. The van der Waals surface area contributed by atoms with E-state index in [1.165, 1.54) is 0 Å². The van der Waals surface area contributed by atoms with Crippen molar-refractivity contribution < 1.29 is 9.53 Å². The number of nitrogens with zero attached hydrogens (tertiary/aromatic N) is 4. The largest absolute Gasteiger partial charge is 0.497 e. The van der Waals surface area contributed by atoms with Crippen LogP contribution in [0.2, 0.25) is 0 Å². The van der Waals surface area contributed by atoms with E-state index in [0.29, 0.717) is 6.54 Å². The van der Waals surface area contributed by atoms with Crippen LogP contribution >= 0.6 is 0 Å². The SMILES string of the molecule is COc1ccc(CN(C(=O)c2nn[nH]n2)C2CC2)cc1. The monoisotopic (exact) mass is 273 g/mol. The van der Waals surface area contributed by atoms with Crippen LogP contribution in [0.3, 0.4) is 0 Å². The van der Waals surface area contributed by atoms with Crippen LogP contribution in [0.4, 0.5) is 0 Å². The molecule has 1 N–H and O–H groups in total. The van der Waals surface area contributed by atoms with E-state index in [1.54, 1.807) is 12.0 Å². The second-order valence-corrected chi connectivity index (χ2v) is 4.75. The molecule has 0 aliphatic heterocycles. The third-order valence-electron chi connectivity index (χ3n) is 3.30. The first-order chi connectivity index (χ1) is 9.78. The molecule has 0 saturated heterocycles. The fourth-order valence-electron chi connectivity index (χ4n) is 2.06. The Hall–Kier alpha value is -2.44. The van der Waals surface area contributed by atoms with Gasteiger partial charge in [0.25, 0.3) is 11.7 Å². The van der Waals surface area contributed by atoms with Crippen molar-refractivity contribution in [3.63, 3.8) is 0 Å². The van der Waals surface area contributed by atoms with Crippen molar-refractivity contribution in [3.05, 3.63) is 35.7 Å². The molecule has 1 heterocycles. The molecule has 1 amide bonds. The summed E-state index contributed by atoms with van der Waals surface area (Å²) >= 11 is 0. The predicted octanol–water partition coefficient (Wildman–Crippen LogP) is 1.01. The Morgan fingerprint density at radius 3 is 2.70 bits per heavy atom. The minimum atomic E-state index is -0.183. The van der Waals surface area contributed by atoms with Crippen LogP contribution < -0.4 is 4.74 Å². The van der Waals surface area contributed by atoms with E-state index in [9.17, 15) is 4.79 Å². The van der Waals surface area contributed by atoms with Gasteiger partial charge in [0.2, 0.25) is 0 Å². The number of tetrazole rings is 1. The third-order valence-corrected chi connectivity index (χ3v) is 3.30. The van der Waals surface area contributed by atoms with E-state index in [4.69, 9.17) is 4.74 Å². The summed E-state index contributed by atoms with van der Waals surface area (Å²) in [5.74, 6) is 0.735. The molecule has 0 atom stereocenters. The lowest BCUT2D eigenvalue weighted by atomic mass is 10.2. The topological polar surface area (TPSA) is 84.0 Å². The first kappa shape index (κ1) is 12.6. The summed E-state index contributed by atoms with van der Waals surface area (Å²) in [6, 6.07) is 7.97. The number of methoxy groups -OCH3 is 1. The maximum Gasteiger partial charge on any atom is 0.296 e. The van der Waals surface area contributed by atoms with Crippen molar-refractivity contribution in [3.8, 4) is 5.75 Å². The lowest BCUT2D eigenvalue weighted by Crippen LogP contribution is -2.33. The molecule has 0 spiro atoms. The smallest absolute Gasteiger partial charge is 0.296 e. The summed E-state index contributed by atoms with van der Waals surface area (Å²) < 4.78 is 5.13. The lowest BCUT2D eigenvalue weighted by Gasteiger charge is -2.20. The standard InChI is InChI=1S/C13H15N5O2/c1-20-11-6-2-9(3-7-11)8-18(10-4-5-10)13(19)12-14-16-17-15-12/h2-3,6-7,10H,4-5,8H2,1H3,(H,14,15,16,17). The highest BCUT2D eigenvalue weighted by Crippen LogP contribution is 2.29. The second-order valence-electron chi connectivity index (χ2n) is 4.75. The van der Waals surface area contributed by atoms with Gasteiger partial charge in [0, 0.05) is 12.6 Å². The van der Waals surface area contributed by atoms with Gasteiger partial charge in [-0.05, 0) is 35.8 Å². The number of hydrogen-bond acceptors (Lipinski definition) is 5. The molecule has 1 aromatic carbocycles. The molecule has 2 aromatic rings. The van der Waals surface area contributed by atoms with E-state index >= 15 is 0 Å². The number of nitrogens with one attached hydrogen (secondary N) is 1. The van der Waals surface area contributed by atoms with E-state index in [-0.39, 0.29) is 17.8 Å². The predicted molar refractivity (Wildman–Crippen MR) is 70.1 cm³/mol. The minimum absolute atomic E-state index is 0.116. The fraction of sp³-hybridized carbons (Fsp3) is 0.385. The number of rotatable bonds is 5. The van der Waals surface area contributed by atoms with Gasteiger partial charge >= 0.3 is 0 Å². The van der Waals surface area contributed by atoms with E-state index in [1.807, 2.05) is 24.3 Å². The number of ether oxygens (including phenoxy) is 1. The summed E-state index contributed by atoms with van der Waals surface area (Å²) in [6.07, 6.45) is 2.06. The molecule has 7 nitrogen and oxygen atoms in total. The van der Waals surface area contributed by atoms with Gasteiger partial charge in [-0.25, -0.2) is 0 Å². The Morgan fingerprint density at radius 1 is 1.40 bits per heavy atom. The third kappa shape index (κ3) is 2.61. The van der Waals surface area contributed by atoms with Gasteiger partial charge < -0.3 is 9.64 Å². The quantitative estimate of drug-likeness (QED) is 0.879. The van der Waals surface area contributed by atoms with Crippen LogP contribution in [0.15, 0.2) is 24.3 Å². The zero-order valence-corrected chi connectivity index (χ0v) is 11.1. The number of hydrogen-bond donors (Lipinski definition) is 1. The van der Waals surface area contributed by atoms with Crippen molar-refractivity contribution in [1.82, 2.24) is 25.5 Å². The molecule has 0 unspecified atom stereocenters. The molecule has 0 radical (unpaired) electrons. The van der Waals surface area contributed by atoms with Crippen LogP contribution in [0.25, 0.3) is 0 Å².